The van der Waals surface area contributed by atoms with Crippen LogP contribution >= 0.6 is 11.6 Å². The fourth-order valence-corrected chi connectivity index (χ4v) is 5.17. The number of fused-ring (bicyclic) bond motifs is 1. The summed E-state index contributed by atoms with van der Waals surface area (Å²) in [5.74, 6) is 0.0425. The third-order valence-corrected chi connectivity index (χ3v) is 7.04. The molecular weight excluding hydrogens is 532 g/mol. The molecule has 202 valence electrons. The minimum absolute atomic E-state index is 0.0494. The highest BCUT2D eigenvalue weighted by molar-refractivity contribution is 6.29. The standard InChI is InChI=1S/C28H25ClN8O3/c1-16(38)28-21-11-18(19-13-31-25(12-30)32-14-19)6-8-22(21)37(36-28)15-27(40)33-20-7-5-17(9-20)10-26(39)35-24-4-2-3-23(29)34-24/h2-4,6,8,11,13-14,17,20H,5,7,9-10,15H2,1H3,(H,33,40)(H,34,35,39). The van der Waals surface area contributed by atoms with Crippen LogP contribution in [0.5, 0.6) is 0 Å². The molecule has 3 heterocycles. The fraction of sp³-hybridized carbons (Fsp3) is 0.286. The van der Waals surface area contributed by atoms with Crippen LogP contribution in [0.3, 0.4) is 0 Å². The molecule has 40 heavy (non-hydrogen) atoms. The molecule has 0 bridgehead atoms. The Kier molecular flexibility index (Phi) is 7.79. The lowest BCUT2D eigenvalue weighted by Crippen LogP contribution is -2.35. The van der Waals surface area contributed by atoms with E-state index in [0.29, 0.717) is 40.3 Å². The number of anilines is 1. The predicted molar refractivity (Wildman–Crippen MR) is 147 cm³/mol. The summed E-state index contributed by atoms with van der Waals surface area (Å²) in [6.45, 7) is 1.38. The lowest BCUT2D eigenvalue weighted by molar-refractivity contribution is -0.122. The van der Waals surface area contributed by atoms with Crippen LogP contribution in [0.4, 0.5) is 5.82 Å². The van der Waals surface area contributed by atoms with E-state index in [4.69, 9.17) is 16.9 Å². The number of rotatable bonds is 8. The number of amides is 2. The van der Waals surface area contributed by atoms with Gasteiger partial charge in [0.15, 0.2) is 5.78 Å². The number of nitriles is 1. The third-order valence-electron chi connectivity index (χ3n) is 6.83. The molecule has 0 saturated heterocycles. The summed E-state index contributed by atoms with van der Waals surface area (Å²) >= 11 is 5.88. The molecule has 0 spiro atoms. The van der Waals surface area contributed by atoms with Gasteiger partial charge in [-0.2, -0.15) is 10.4 Å². The van der Waals surface area contributed by atoms with Crippen LogP contribution in [0.25, 0.3) is 22.0 Å². The maximum Gasteiger partial charge on any atom is 0.241 e. The summed E-state index contributed by atoms with van der Waals surface area (Å²) in [4.78, 5) is 49.8. The van der Waals surface area contributed by atoms with Gasteiger partial charge in [0.2, 0.25) is 17.6 Å². The van der Waals surface area contributed by atoms with Crippen LogP contribution in [-0.4, -0.2) is 48.4 Å². The lowest BCUT2D eigenvalue weighted by atomic mass is 10.0. The summed E-state index contributed by atoms with van der Waals surface area (Å²) < 4.78 is 1.53. The monoisotopic (exact) mass is 556 g/mol. The zero-order valence-electron chi connectivity index (χ0n) is 21.6. The second-order valence-electron chi connectivity index (χ2n) is 9.74. The molecule has 12 heteroatoms. The van der Waals surface area contributed by atoms with Crippen LogP contribution < -0.4 is 10.6 Å². The van der Waals surface area contributed by atoms with Crippen molar-refractivity contribution in [3.8, 4) is 17.2 Å². The zero-order valence-corrected chi connectivity index (χ0v) is 22.4. The minimum Gasteiger partial charge on any atom is -0.352 e. The van der Waals surface area contributed by atoms with Crippen molar-refractivity contribution in [2.75, 3.05) is 5.32 Å². The van der Waals surface area contributed by atoms with Crippen LogP contribution in [0.15, 0.2) is 48.8 Å². The highest BCUT2D eigenvalue weighted by atomic mass is 35.5. The molecule has 1 fully saturated rings. The number of aromatic nitrogens is 5. The molecule has 2 amide bonds. The Labute approximate surface area is 234 Å². The third kappa shape index (κ3) is 6.13. The molecule has 1 aliphatic carbocycles. The van der Waals surface area contributed by atoms with Gasteiger partial charge in [0.1, 0.15) is 29.3 Å². The molecule has 5 rings (SSSR count). The van der Waals surface area contributed by atoms with Crippen molar-refractivity contribution in [2.24, 2.45) is 5.92 Å². The van der Waals surface area contributed by atoms with Gasteiger partial charge in [-0.05, 0) is 55.0 Å². The molecule has 1 aromatic carbocycles. The minimum atomic E-state index is -0.220. The van der Waals surface area contributed by atoms with Crippen LogP contribution in [-0.2, 0) is 16.1 Å². The van der Waals surface area contributed by atoms with E-state index < -0.39 is 0 Å². The molecule has 3 aromatic heterocycles. The number of nitrogens with zero attached hydrogens (tertiary/aromatic N) is 6. The maximum absolute atomic E-state index is 12.9. The summed E-state index contributed by atoms with van der Waals surface area (Å²) in [5, 5.41) is 20.1. The summed E-state index contributed by atoms with van der Waals surface area (Å²) in [5.41, 5.74) is 2.36. The highest BCUT2D eigenvalue weighted by Crippen LogP contribution is 2.29. The number of carbonyl (C=O) groups excluding carboxylic acids is 3. The second kappa shape index (κ2) is 11.6. The number of halogens is 1. The van der Waals surface area contributed by atoms with E-state index in [1.807, 2.05) is 18.2 Å². The lowest BCUT2D eigenvalue weighted by Gasteiger charge is -2.14. The first-order chi connectivity index (χ1) is 19.3. The molecule has 2 unspecified atom stereocenters. The predicted octanol–water partition coefficient (Wildman–Crippen LogP) is 3.93. The molecule has 0 radical (unpaired) electrons. The van der Waals surface area contributed by atoms with E-state index in [2.05, 4.69) is 30.7 Å². The van der Waals surface area contributed by atoms with Crippen molar-refractivity contribution in [3.63, 3.8) is 0 Å². The molecule has 11 nitrogen and oxygen atoms in total. The van der Waals surface area contributed by atoms with E-state index in [1.54, 1.807) is 36.7 Å². The van der Waals surface area contributed by atoms with Gasteiger partial charge < -0.3 is 10.6 Å². The average molecular weight is 557 g/mol. The van der Waals surface area contributed by atoms with Gasteiger partial charge in [-0.25, -0.2) is 15.0 Å². The number of hydrogen-bond donors (Lipinski definition) is 2. The number of benzene rings is 1. The summed E-state index contributed by atoms with van der Waals surface area (Å²) in [6.07, 6.45) is 5.71. The SMILES string of the molecule is CC(=O)c1nn(CC(=O)NC2CCC(CC(=O)Nc3cccc(Cl)n3)C2)c2ccc(-c3cnc(C#N)nc3)cc12. The van der Waals surface area contributed by atoms with E-state index in [1.165, 1.54) is 11.6 Å². The first kappa shape index (κ1) is 26.9. The normalized spacial score (nSPS) is 16.4. The maximum atomic E-state index is 12.9. The van der Waals surface area contributed by atoms with Gasteiger partial charge in [-0.3, -0.25) is 19.1 Å². The smallest absolute Gasteiger partial charge is 0.241 e. The molecule has 2 N–H and O–H groups in total. The van der Waals surface area contributed by atoms with Crippen molar-refractivity contribution in [3.05, 3.63) is 65.5 Å². The van der Waals surface area contributed by atoms with Crippen molar-refractivity contribution < 1.29 is 14.4 Å². The largest absolute Gasteiger partial charge is 0.352 e. The first-order valence-electron chi connectivity index (χ1n) is 12.7. The van der Waals surface area contributed by atoms with E-state index in [-0.39, 0.29) is 47.6 Å². The molecular formula is C28H25ClN8O3. The zero-order chi connectivity index (χ0) is 28.2. The summed E-state index contributed by atoms with van der Waals surface area (Å²) in [7, 11) is 0. The second-order valence-corrected chi connectivity index (χ2v) is 10.1. The molecule has 1 saturated carbocycles. The van der Waals surface area contributed by atoms with Crippen LogP contribution in [0, 0.1) is 17.2 Å². The van der Waals surface area contributed by atoms with Crippen molar-refractivity contribution in [1.82, 2.24) is 30.0 Å². The van der Waals surface area contributed by atoms with Crippen LogP contribution in [0.1, 0.15) is 48.9 Å². The topological polar surface area (TPSA) is 156 Å². The molecule has 4 aromatic rings. The van der Waals surface area contributed by atoms with Gasteiger partial charge in [0.05, 0.1) is 5.52 Å². The Morgan fingerprint density at radius 3 is 2.62 bits per heavy atom. The van der Waals surface area contributed by atoms with Gasteiger partial charge in [0.25, 0.3) is 0 Å². The van der Waals surface area contributed by atoms with Crippen LogP contribution in [0.2, 0.25) is 5.15 Å². The van der Waals surface area contributed by atoms with E-state index in [0.717, 1.165) is 18.4 Å². The Morgan fingerprint density at radius 1 is 1.10 bits per heavy atom. The van der Waals surface area contributed by atoms with Crippen molar-refractivity contribution >= 4 is 45.9 Å². The number of hydrogen-bond acceptors (Lipinski definition) is 8. The Bertz CT molecular complexity index is 1640. The number of carbonyl (C=O) groups is 3. The quantitative estimate of drug-likeness (QED) is 0.244. The highest BCUT2D eigenvalue weighted by Gasteiger charge is 2.28. The molecule has 1 aliphatic rings. The number of pyridine rings is 1. The van der Waals surface area contributed by atoms with Gasteiger partial charge in [-0.1, -0.05) is 23.7 Å². The van der Waals surface area contributed by atoms with Gasteiger partial charge in [-0.15, -0.1) is 0 Å². The average Bonchev–Trinajstić information content (AvgIpc) is 3.52. The van der Waals surface area contributed by atoms with Crippen molar-refractivity contribution in [2.45, 2.75) is 45.2 Å². The Hall–Kier alpha value is -4.69. The van der Waals surface area contributed by atoms with Gasteiger partial charge >= 0.3 is 0 Å². The number of Topliss-reactive ketones (excluding diaryl/α,β-unsaturated/α-hetero) is 1. The Morgan fingerprint density at radius 2 is 1.90 bits per heavy atom. The number of ketones is 1. The molecule has 2 atom stereocenters. The summed E-state index contributed by atoms with van der Waals surface area (Å²) in [6, 6.07) is 12.3. The van der Waals surface area contributed by atoms with E-state index in [9.17, 15) is 14.4 Å². The first-order valence-corrected chi connectivity index (χ1v) is 13.1. The van der Waals surface area contributed by atoms with Crippen molar-refractivity contribution in [1.29, 1.82) is 5.26 Å². The fourth-order valence-electron chi connectivity index (χ4n) is 5.01. The van der Waals surface area contributed by atoms with Gasteiger partial charge in [0, 0.05) is 42.7 Å². The number of nitrogens with one attached hydrogen (secondary N) is 2. The van der Waals surface area contributed by atoms with E-state index >= 15 is 0 Å². The molecule has 0 aliphatic heterocycles. The Balaban J connectivity index is 1.22.